The van der Waals surface area contributed by atoms with Gasteiger partial charge in [-0.3, -0.25) is 4.79 Å². The topological polar surface area (TPSA) is 50.8 Å². The van der Waals surface area contributed by atoms with Gasteiger partial charge in [0.1, 0.15) is 6.61 Å². The minimum absolute atomic E-state index is 0.284. The van der Waals surface area contributed by atoms with Crippen LogP contribution in [0.3, 0.4) is 0 Å². The fourth-order valence-electron chi connectivity index (χ4n) is 3.37. The zero-order valence-corrected chi connectivity index (χ0v) is 18.9. The molecule has 1 heterocycles. The predicted octanol–water partition coefficient (Wildman–Crippen LogP) is 4.79. The number of hydrogen-bond donors (Lipinski definition) is 1. The number of nitrogens with zero attached hydrogens (tertiary/aromatic N) is 1. The van der Waals surface area contributed by atoms with Gasteiger partial charge in [0.2, 0.25) is 5.91 Å². The monoisotopic (exact) mass is 480 g/mol. The molecule has 2 aromatic rings. The second kappa shape index (κ2) is 10.9. The lowest BCUT2D eigenvalue weighted by molar-refractivity contribution is -0.127. The van der Waals surface area contributed by atoms with Crippen molar-refractivity contribution in [2.24, 2.45) is 0 Å². The second-order valence-electron chi connectivity index (χ2n) is 7.04. The third-order valence-corrected chi connectivity index (χ3v) is 5.67. The minimum Gasteiger partial charge on any atom is -0.493 e. The summed E-state index contributed by atoms with van der Waals surface area (Å²) in [7, 11) is 1.64. The van der Waals surface area contributed by atoms with Crippen LogP contribution in [0.1, 0.15) is 30.4 Å². The van der Waals surface area contributed by atoms with Crippen molar-refractivity contribution in [3.63, 3.8) is 0 Å². The number of carbonyl (C=O) groups is 1. The van der Waals surface area contributed by atoms with Gasteiger partial charge < -0.3 is 19.7 Å². The molecule has 7 heteroatoms. The lowest BCUT2D eigenvalue weighted by atomic mass is 10.2. The third-order valence-electron chi connectivity index (χ3n) is 4.84. The summed E-state index contributed by atoms with van der Waals surface area (Å²) in [6.45, 7) is 3.71. The van der Waals surface area contributed by atoms with Crippen LogP contribution in [0.15, 0.2) is 40.9 Å². The van der Waals surface area contributed by atoms with Crippen molar-refractivity contribution in [1.29, 1.82) is 0 Å². The van der Waals surface area contributed by atoms with Crippen molar-refractivity contribution in [2.75, 3.05) is 26.7 Å². The molecule has 2 aromatic carbocycles. The normalized spacial score (nSPS) is 13.8. The molecule has 156 valence electrons. The van der Waals surface area contributed by atoms with E-state index >= 15 is 0 Å². The second-order valence-corrected chi connectivity index (χ2v) is 8.33. The van der Waals surface area contributed by atoms with Gasteiger partial charge >= 0.3 is 0 Å². The quantitative estimate of drug-likeness (QED) is 0.496. The van der Waals surface area contributed by atoms with Crippen LogP contribution in [0.25, 0.3) is 0 Å². The Balaban J connectivity index is 1.51. The lowest BCUT2D eigenvalue weighted by Gasteiger charge is -2.16. The summed E-state index contributed by atoms with van der Waals surface area (Å²) in [6.07, 6.45) is 2.64. The van der Waals surface area contributed by atoms with Gasteiger partial charge in [0, 0.05) is 31.1 Å². The number of methoxy groups -OCH3 is 1. The number of nitrogens with one attached hydrogen (secondary N) is 1. The maximum absolute atomic E-state index is 11.6. The number of hydrogen-bond acceptors (Lipinski definition) is 4. The first-order valence-electron chi connectivity index (χ1n) is 9.79. The lowest BCUT2D eigenvalue weighted by Crippen LogP contribution is -2.28. The molecule has 0 bridgehead atoms. The van der Waals surface area contributed by atoms with Crippen LogP contribution >= 0.6 is 27.5 Å². The van der Waals surface area contributed by atoms with Gasteiger partial charge in [-0.2, -0.15) is 0 Å². The summed E-state index contributed by atoms with van der Waals surface area (Å²) in [6, 6.07) is 11.6. The number of ether oxygens (including phenoxy) is 2. The molecule has 0 atom stereocenters. The van der Waals surface area contributed by atoms with E-state index < -0.39 is 0 Å². The first-order chi connectivity index (χ1) is 14.1. The molecule has 3 rings (SSSR count). The molecule has 0 saturated carbocycles. The fraction of sp³-hybridized carbons (Fsp3) is 0.409. The Labute approximate surface area is 185 Å². The average Bonchev–Trinajstić information content (AvgIpc) is 3.11. The number of rotatable bonds is 10. The highest BCUT2D eigenvalue weighted by molar-refractivity contribution is 9.10. The number of likely N-dealkylation sites (tertiary alicyclic amines) is 1. The Morgan fingerprint density at radius 3 is 2.83 bits per heavy atom. The number of carbonyl (C=O) groups excluding carboxylic acids is 1. The van der Waals surface area contributed by atoms with Crippen molar-refractivity contribution in [1.82, 2.24) is 10.2 Å². The van der Waals surface area contributed by atoms with Crippen molar-refractivity contribution in [3.8, 4) is 11.5 Å². The molecule has 0 spiro atoms. The number of amides is 1. The zero-order valence-electron chi connectivity index (χ0n) is 16.5. The molecular weight excluding hydrogens is 456 g/mol. The highest BCUT2D eigenvalue weighted by atomic mass is 79.9. The SMILES string of the molecule is COc1cc(CNCCCN2CCCC2=O)cc(Br)c1OCc1cccc(Cl)c1. The van der Waals surface area contributed by atoms with Crippen LogP contribution in [0, 0.1) is 0 Å². The van der Waals surface area contributed by atoms with Crippen LogP contribution in [0.5, 0.6) is 11.5 Å². The van der Waals surface area contributed by atoms with E-state index in [2.05, 4.69) is 21.2 Å². The molecule has 0 radical (unpaired) electrons. The van der Waals surface area contributed by atoms with E-state index in [1.54, 1.807) is 7.11 Å². The third kappa shape index (κ3) is 6.36. The molecule has 0 unspecified atom stereocenters. The van der Waals surface area contributed by atoms with E-state index in [4.69, 9.17) is 21.1 Å². The maximum Gasteiger partial charge on any atom is 0.222 e. The predicted molar refractivity (Wildman–Crippen MR) is 119 cm³/mol. The minimum atomic E-state index is 0.284. The Bertz CT molecular complexity index is 847. The van der Waals surface area contributed by atoms with Crippen molar-refractivity contribution in [2.45, 2.75) is 32.4 Å². The summed E-state index contributed by atoms with van der Waals surface area (Å²) in [5, 5.41) is 4.12. The van der Waals surface area contributed by atoms with Crippen molar-refractivity contribution in [3.05, 3.63) is 57.0 Å². The van der Waals surface area contributed by atoms with Gasteiger partial charge in [-0.05, 0) is 70.7 Å². The molecule has 1 amide bonds. The van der Waals surface area contributed by atoms with Gasteiger partial charge in [-0.15, -0.1) is 0 Å². The Hall–Kier alpha value is -1.76. The van der Waals surface area contributed by atoms with Crippen LogP contribution in [-0.2, 0) is 17.9 Å². The Morgan fingerprint density at radius 2 is 2.10 bits per heavy atom. The molecule has 29 heavy (non-hydrogen) atoms. The summed E-state index contributed by atoms with van der Waals surface area (Å²) in [5.41, 5.74) is 2.09. The maximum atomic E-state index is 11.6. The highest BCUT2D eigenvalue weighted by Crippen LogP contribution is 2.37. The molecule has 1 aliphatic rings. The summed E-state index contributed by atoms with van der Waals surface area (Å²) < 4.78 is 12.4. The molecule has 5 nitrogen and oxygen atoms in total. The Morgan fingerprint density at radius 1 is 1.24 bits per heavy atom. The summed E-state index contributed by atoms with van der Waals surface area (Å²) in [4.78, 5) is 13.6. The number of halogens is 2. The Kier molecular flexibility index (Phi) is 8.21. The van der Waals surface area contributed by atoms with Crippen molar-refractivity contribution < 1.29 is 14.3 Å². The molecule has 1 fully saturated rings. The van der Waals surface area contributed by atoms with Gasteiger partial charge in [0.05, 0.1) is 11.6 Å². The fourth-order valence-corrected chi connectivity index (χ4v) is 4.18. The van der Waals surface area contributed by atoms with Gasteiger partial charge in [-0.1, -0.05) is 23.7 Å². The van der Waals surface area contributed by atoms with Gasteiger partial charge in [0.15, 0.2) is 11.5 Å². The van der Waals surface area contributed by atoms with Crippen LogP contribution in [0.2, 0.25) is 5.02 Å². The summed E-state index contributed by atoms with van der Waals surface area (Å²) in [5.74, 6) is 1.64. The van der Waals surface area contributed by atoms with E-state index in [0.717, 1.165) is 54.6 Å². The summed E-state index contributed by atoms with van der Waals surface area (Å²) >= 11 is 9.63. The van der Waals surface area contributed by atoms with Crippen LogP contribution in [-0.4, -0.2) is 37.6 Å². The van der Waals surface area contributed by atoms with Gasteiger partial charge in [-0.25, -0.2) is 0 Å². The van der Waals surface area contributed by atoms with E-state index in [1.165, 1.54) is 0 Å². The zero-order chi connectivity index (χ0) is 20.6. The van der Waals surface area contributed by atoms with Crippen LogP contribution < -0.4 is 14.8 Å². The smallest absolute Gasteiger partial charge is 0.222 e. The largest absolute Gasteiger partial charge is 0.493 e. The first kappa shape index (κ1) is 21.9. The molecular formula is C22H26BrClN2O3. The molecule has 0 aromatic heterocycles. The van der Waals surface area contributed by atoms with E-state index in [9.17, 15) is 4.79 Å². The molecule has 1 N–H and O–H groups in total. The van der Waals surface area contributed by atoms with E-state index in [-0.39, 0.29) is 5.91 Å². The average molecular weight is 482 g/mol. The molecule has 1 saturated heterocycles. The number of benzene rings is 2. The standard InChI is InChI=1S/C22H26BrClN2O3/c1-28-20-13-17(14-25-8-4-10-26-9-3-7-21(26)27)12-19(23)22(20)29-15-16-5-2-6-18(24)11-16/h2,5-6,11-13,25H,3-4,7-10,14-15H2,1H3. The van der Waals surface area contributed by atoms with Crippen LogP contribution in [0.4, 0.5) is 0 Å². The highest BCUT2D eigenvalue weighted by Gasteiger charge is 2.19. The molecule has 1 aliphatic heterocycles. The van der Waals surface area contributed by atoms with E-state index in [1.807, 2.05) is 41.3 Å². The van der Waals surface area contributed by atoms with Gasteiger partial charge in [0.25, 0.3) is 0 Å². The van der Waals surface area contributed by atoms with Crippen molar-refractivity contribution >= 4 is 33.4 Å². The van der Waals surface area contributed by atoms with E-state index in [0.29, 0.717) is 29.5 Å². The first-order valence-corrected chi connectivity index (χ1v) is 11.0. The molecule has 0 aliphatic carbocycles.